The molecule has 0 atom stereocenters. The predicted octanol–water partition coefficient (Wildman–Crippen LogP) is 4.59. The summed E-state index contributed by atoms with van der Waals surface area (Å²) in [6, 6.07) is 9.19. The number of nitrogens with one attached hydrogen (secondary N) is 1. The highest BCUT2D eigenvalue weighted by molar-refractivity contribution is 6.34. The Labute approximate surface area is 196 Å². The molecular formula is C25H26ClN5O2. The van der Waals surface area contributed by atoms with Crippen LogP contribution in [0.3, 0.4) is 0 Å². The van der Waals surface area contributed by atoms with Crippen molar-refractivity contribution in [1.82, 2.24) is 24.3 Å². The summed E-state index contributed by atoms with van der Waals surface area (Å²) in [6.07, 6.45) is 9.75. The Morgan fingerprint density at radius 2 is 2.00 bits per heavy atom. The number of halogens is 1. The number of aromatic nitrogens is 4. The number of fused-ring (bicyclic) bond motifs is 3. The topological polar surface area (TPSA) is 83.4 Å². The maximum absolute atomic E-state index is 13.2. The Bertz CT molecular complexity index is 1370. The van der Waals surface area contributed by atoms with E-state index in [1.165, 1.54) is 19.3 Å². The lowest BCUT2D eigenvalue weighted by atomic mass is 9.89. The molecule has 3 aromatic heterocycles. The number of benzene rings is 1. The molecule has 1 aliphatic carbocycles. The molecule has 8 heteroatoms. The Balaban J connectivity index is 1.51. The van der Waals surface area contributed by atoms with Gasteiger partial charge in [0.15, 0.2) is 0 Å². The van der Waals surface area contributed by atoms with Gasteiger partial charge in [0.05, 0.1) is 27.8 Å². The monoisotopic (exact) mass is 463 g/mol. The molecule has 0 spiro atoms. The second-order valence-electron chi connectivity index (χ2n) is 8.77. The molecule has 1 saturated carbocycles. The van der Waals surface area contributed by atoms with E-state index in [-0.39, 0.29) is 11.5 Å². The average molecular weight is 464 g/mol. The second-order valence-corrected chi connectivity index (χ2v) is 9.18. The van der Waals surface area contributed by atoms with Crippen LogP contribution in [0, 0.1) is 0 Å². The van der Waals surface area contributed by atoms with Crippen molar-refractivity contribution >= 4 is 34.1 Å². The minimum absolute atomic E-state index is 0.197. The number of amides is 1. The van der Waals surface area contributed by atoms with E-state index in [1.807, 2.05) is 22.6 Å². The lowest BCUT2D eigenvalue weighted by Crippen LogP contribution is -2.29. The van der Waals surface area contributed by atoms with Gasteiger partial charge in [-0.2, -0.15) is 0 Å². The molecule has 4 aromatic rings. The summed E-state index contributed by atoms with van der Waals surface area (Å²) in [5.41, 5.74) is 2.91. The van der Waals surface area contributed by atoms with Crippen LogP contribution in [0.15, 0.2) is 47.5 Å². The fraction of sp³-hybridized carbons (Fsp3) is 0.360. The number of nitrogens with zero attached hydrogens (tertiary/aromatic N) is 4. The van der Waals surface area contributed by atoms with Crippen molar-refractivity contribution in [1.29, 1.82) is 0 Å². The standard InChI is InChI=1S/C25H26ClN5O2/c1-30(12-10-17-9-5-6-11-27-17)25(33)18-13-20-21(14-19(18)26)31-22(24(32)29-20)15-28-23(31)16-7-3-2-4-8-16/h5-6,9,11,13-16H,2-4,7-8,10,12H2,1H3,(H,29,32). The van der Waals surface area contributed by atoms with Gasteiger partial charge in [0.25, 0.3) is 11.5 Å². The summed E-state index contributed by atoms with van der Waals surface area (Å²) in [7, 11) is 1.74. The van der Waals surface area contributed by atoms with Crippen molar-refractivity contribution in [2.75, 3.05) is 13.6 Å². The van der Waals surface area contributed by atoms with Crippen molar-refractivity contribution in [3.8, 4) is 0 Å². The van der Waals surface area contributed by atoms with Crippen LogP contribution in [-0.2, 0) is 6.42 Å². The van der Waals surface area contributed by atoms with Crippen molar-refractivity contribution in [2.24, 2.45) is 0 Å². The molecule has 33 heavy (non-hydrogen) atoms. The summed E-state index contributed by atoms with van der Waals surface area (Å²) < 4.78 is 1.93. The normalized spacial score (nSPS) is 14.7. The zero-order valence-electron chi connectivity index (χ0n) is 18.6. The molecule has 7 nitrogen and oxygen atoms in total. The van der Waals surface area contributed by atoms with Gasteiger partial charge in [-0.15, -0.1) is 0 Å². The van der Waals surface area contributed by atoms with Crippen molar-refractivity contribution in [2.45, 2.75) is 44.4 Å². The second kappa shape index (κ2) is 8.98. The molecular weight excluding hydrogens is 438 g/mol. The van der Waals surface area contributed by atoms with Gasteiger partial charge in [-0.05, 0) is 37.1 Å². The largest absolute Gasteiger partial charge is 0.341 e. The number of likely N-dealkylation sites (N-methyl/N-ethyl adjacent to an activating group) is 1. The molecule has 1 amide bonds. The van der Waals surface area contributed by atoms with Crippen LogP contribution >= 0.6 is 11.6 Å². The Morgan fingerprint density at radius 1 is 1.18 bits per heavy atom. The molecule has 0 aliphatic heterocycles. The summed E-state index contributed by atoms with van der Waals surface area (Å²) >= 11 is 6.62. The molecule has 0 radical (unpaired) electrons. The lowest BCUT2D eigenvalue weighted by molar-refractivity contribution is 0.0796. The van der Waals surface area contributed by atoms with E-state index in [2.05, 4.69) is 15.0 Å². The highest BCUT2D eigenvalue weighted by Gasteiger charge is 2.23. The van der Waals surface area contributed by atoms with Gasteiger partial charge in [0, 0.05) is 37.8 Å². The third kappa shape index (κ3) is 4.13. The van der Waals surface area contributed by atoms with Crippen LogP contribution in [0.1, 0.15) is 59.9 Å². The van der Waals surface area contributed by atoms with Crippen molar-refractivity contribution < 1.29 is 4.79 Å². The zero-order chi connectivity index (χ0) is 22.9. The van der Waals surface area contributed by atoms with Gasteiger partial charge in [0.2, 0.25) is 0 Å². The average Bonchev–Trinajstić information content (AvgIpc) is 3.30. The van der Waals surface area contributed by atoms with Crippen LogP contribution in [-0.4, -0.2) is 43.8 Å². The summed E-state index contributed by atoms with van der Waals surface area (Å²) in [4.78, 5) is 39.4. The smallest absolute Gasteiger partial charge is 0.274 e. The zero-order valence-corrected chi connectivity index (χ0v) is 19.3. The number of rotatable bonds is 5. The molecule has 0 saturated heterocycles. The van der Waals surface area contributed by atoms with Crippen LogP contribution < -0.4 is 5.56 Å². The minimum atomic E-state index is -0.221. The molecule has 1 aliphatic rings. The van der Waals surface area contributed by atoms with Gasteiger partial charge in [-0.3, -0.25) is 19.0 Å². The highest BCUT2D eigenvalue weighted by atomic mass is 35.5. The maximum Gasteiger partial charge on any atom is 0.274 e. The highest BCUT2D eigenvalue weighted by Crippen LogP contribution is 2.33. The van der Waals surface area contributed by atoms with Gasteiger partial charge in [-0.25, -0.2) is 4.98 Å². The maximum atomic E-state index is 13.2. The molecule has 1 N–H and O–H groups in total. The number of aromatic amines is 1. The number of carbonyl (C=O) groups excluding carboxylic acids is 1. The first-order valence-corrected chi connectivity index (χ1v) is 11.8. The van der Waals surface area contributed by atoms with E-state index in [1.54, 1.807) is 36.5 Å². The summed E-state index contributed by atoms with van der Waals surface area (Å²) in [5.74, 6) is 1.03. The first-order valence-electron chi connectivity index (χ1n) is 11.4. The number of H-pyrrole nitrogens is 1. The van der Waals surface area contributed by atoms with E-state index < -0.39 is 0 Å². The summed E-state index contributed by atoms with van der Waals surface area (Å²) in [5, 5.41) is 0.355. The van der Waals surface area contributed by atoms with Gasteiger partial charge in [-0.1, -0.05) is 36.9 Å². The number of imidazole rings is 1. The van der Waals surface area contributed by atoms with Crippen LogP contribution in [0.5, 0.6) is 0 Å². The van der Waals surface area contributed by atoms with Gasteiger partial charge >= 0.3 is 0 Å². The van der Waals surface area contributed by atoms with Gasteiger partial charge in [0.1, 0.15) is 11.3 Å². The first-order chi connectivity index (χ1) is 16.0. The van der Waals surface area contributed by atoms with E-state index in [0.29, 0.717) is 40.5 Å². The molecule has 170 valence electrons. The number of pyridine rings is 1. The minimum Gasteiger partial charge on any atom is -0.341 e. The third-order valence-electron chi connectivity index (χ3n) is 6.57. The van der Waals surface area contributed by atoms with Crippen LogP contribution in [0.4, 0.5) is 0 Å². The van der Waals surface area contributed by atoms with Crippen LogP contribution in [0.2, 0.25) is 5.02 Å². The molecule has 0 unspecified atom stereocenters. The molecule has 1 aromatic carbocycles. The van der Waals surface area contributed by atoms with E-state index >= 15 is 0 Å². The Morgan fingerprint density at radius 3 is 2.76 bits per heavy atom. The SMILES string of the molecule is CN(CCc1ccccn1)C(=O)c1cc2[nH]c(=O)c3cnc(C4CCCCC4)n3c2cc1Cl. The van der Waals surface area contributed by atoms with E-state index in [9.17, 15) is 9.59 Å². The molecule has 5 rings (SSSR count). The number of hydrogen-bond donors (Lipinski definition) is 1. The fourth-order valence-corrected chi connectivity index (χ4v) is 5.00. The third-order valence-corrected chi connectivity index (χ3v) is 6.89. The van der Waals surface area contributed by atoms with E-state index in [0.717, 1.165) is 29.9 Å². The number of carbonyl (C=O) groups is 1. The predicted molar refractivity (Wildman–Crippen MR) is 129 cm³/mol. The van der Waals surface area contributed by atoms with Crippen molar-refractivity contribution in [3.63, 3.8) is 0 Å². The molecule has 0 bridgehead atoms. The molecule has 3 heterocycles. The van der Waals surface area contributed by atoms with Crippen molar-refractivity contribution in [3.05, 3.63) is 75.2 Å². The van der Waals surface area contributed by atoms with Crippen LogP contribution in [0.25, 0.3) is 16.6 Å². The van der Waals surface area contributed by atoms with Gasteiger partial charge < -0.3 is 9.88 Å². The summed E-state index contributed by atoms with van der Waals surface area (Å²) in [6.45, 7) is 0.507. The number of hydrogen-bond acceptors (Lipinski definition) is 4. The fourth-order valence-electron chi connectivity index (χ4n) is 4.76. The molecule has 1 fully saturated rings. The Kier molecular flexibility index (Phi) is 5.89. The first kappa shape index (κ1) is 21.6. The van der Waals surface area contributed by atoms with E-state index in [4.69, 9.17) is 11.6 Å². The Hall–Kier alpha value is -3.19. The quantitative estimate of drug-likeness (QED) is 0.469. The lowest BCUT2D eigenvalue weighted by Gasteiger charge is -2.21.